The molecule has 1 saturated heterocycles. The molecule has 1 aliphatic carbocycles. The standard InChI is InChI=1S/C11H18N2O4/c1-6-2-7(6)4-12-11(17)13-5-8(14)3-9(13)10(15)16/h6-9,14H,2-5H2,1H3,(H,12,17)(H,15,16)/t6?,7?,8-,9+/m1/s1. The Hall–Kier alpha value is -1.30. The number of likely N-dealkylation sites (tertiary alicyclic amines) is 1. The molecule has 2 rings (SSSR count). The number of urea groups is 1. The number of carboxylic acid groups (broad SMARTS) is 1. The first-order valence-electron chi connectivity index (χ1n) is 5.94. The van der Waals surface area contributed by atoms with Crippen molar-refractivity contribution in [2.45, 2.75) is 31.9 Å². The number of rotatable bonds is 3. The van der Waals surface area contributed by atoms with Crippen LogP contribution in [0.15, 0.2) is 0 Å². The van der Waals surface area contributed by atoms with E-state index >= 15 is 0 Å². The number of aliphatic hydroxyl groups is 1. The number of hydrogen-bond acceptors (Lipinski definition) is 3. The van der Waals surface area contributed by atoms with E-state index in [1.807, 2.05) is 0 Å². The van der Waals surface area contributed by atoms with E-state index in [0.29, 0.717) is 18.4 Å². The van der Waals surface area contributed by atoms with Gasteiger partial charge in [-0.3, -0.25) is 0 Å². The lowest BCUT2D eigenvalue weighted by Crippen LogP contribution is -2.46. The zero-order valence-corrected chi connectivity index (χ0v) is 9.80. The lowest BCUT2D eigenvalue weighted by Gasteiger charge is -2.21. The summed E-state index contributed by atoms with van der Waals surface area (Å²) in [5, 5.41) is 21.1. The Labute approximate surface area is 99.6 Å². The van der Waals surface area contributed by atoms with Gasteiger partial charge < -0.3 is 20.4 Å². The number of aliphatic hydroxyl groups excluding tert-OH is 1. The van der Waals surface area contributed by atoms with Gasteiger partial charge in [0.25, 0.3) is 0 Å². The SMILES string of the molecule is CC1CC1CNC(=O)N1C[C@H](O)C[C@H]1C(=O)O. The maximum absolute atomic E-state index is 11.8. The van der Waals surface area contributed by atoms with Gasteiger partial charge >= 0.3 is 12.0 Å². The Kier molecular flexibility index (Phi) is 3.24. The van der Waals surface area contributed by atoms with E-state index in [-0.39, 0.29) is 19.0 Å². The molecule has 0 bridgehead atoms. The van der Waals surface area contributed by atoms with Crippen LogP contribution in [0.1, 0.15) is 19.8 Å². The van der Waals surface area contributed by atoms with Crippen molar-refractivity contribution >= 4 is 12.0 Å². The molecular weight excluding hydrogens is 224 g/mol. The second-order valence-corrected chi connectivity index (χ2v) is 5.06. The first kappa shape index (κ1) is 12.2. The molecule has 1 heterocycles. The highest BCUT2D eigenvalue weighted by molar-refractivity contribution is 5.83. The van der Waals surface area contributed by atoms with Crippen LogP contribution in [-0.4, -0.2) is 52.3 Å². The van der Waals surface area contributed by atoms with Crippen LogP contribution in [0.2, 0.25) is 0 Å². The van der Waals surface area contributed by atoms with Crippen LogP contribution in [0.25, 0.3) is 0 Å². The number of β-amino-alcohol motifs (C(OH)–C–C–N with tert-alkyl or cyclic N) is 1. The summed E-state index contributed by atoms with van der Waals surface area (Å²) in [5.74, 6) is 0.112. The molecule has 0 aromatic carbocycles. The summed E-state index contributed by atoms with van der Waals surface area (Å²) in [7, 11) is 0. The summed E-state index contributed by atoms with van der Waals surface area (Å²) in [6, 6.07) is -1.28. The van der Waals surface area contributed by atoms with Gasteiger partial charge in [-0.25, -0.2) is 9.59 Å². The van der Waals surface area contributed by atoms with Crippen LogP contribution in [0, 0.1) is 11.8 Å². The quantitative estimate of drug-likeness (QED) is 0.643. The Morgan fingerprint density at radius 1 is 1.41 bits per heavy atom. The molecule has 2 amide bonds. The molecular formula is C11H18N2O4. The van der Waals surface area contributed by atoms with Crippen molar-refractivity contribution in [3.8, 4) is 0 Å². The average molecular weight is 242 g/mol. The van der Waals surface area contributed by atoms with Gasteiger partial charge in [0.2, 0.25) is 0 Å². The van der Waals surface area contributed by atoms with Crippen LogP contribution in [-0.2, 0) is 4.79 Å². The van der Waals surface area contributed by atoms with Crippen molar-refractivity contribution in [1.82, 2.24) is 10.2 Å². The molecule has 6 heteroatoms. The highest BCUT2D eigenvalue weighted by Gasteiger charge is 2.40. The van der Waals surface area contributed by atoms with Crippen LogP contribution < -0.4 is 5.32 Å². The summed E-state index contributed by atoms with van der Waals surface area (Å²) < 4.78 is 0. The number of amides is 2. The lowest BCUT2D eigenvalue weighted by molar-refractivity contribution is -0.141. The highest BCUT2D eigenvalue weighted by Crippen LogP contribution is 2.36. The topological polar surface area (TPSA) is 89.9 Å². The second kappa shape index (κ2) is 4.52. The number of aliphatic carboxylic acids is 1. The monoisotopic (exact) mass is 242 g/mol. The van der Waals surface area contributed by atoms with Crippen molar-refractivity contribution in [2.24, 2.45) is 11.8 Å². The van der Waals surface area contributed by atoms with E-state index in [4.69, 9.17) is 5.11 Å². The maximum Gasteiger partial charge on any atom is 0.326 e. The molecule has 0 aromatic rings. The Morgan fingerprint density at radius 3 is 2.59 bits per heavy atom. The zero-order valence-electron chi connectivity index (χ0n) is 9.80. The summed E-state index contributed by atoms with van der Waals surface area (Å²) in [5.41, 5.74) is 0. The largest absolute Gasteiger partial charge is 0.480 e. The van der Waals surface area contributed by atoms with Gasteiger partial charge in [0, 0.05) is 19.5 Å². The van der Waals surface area contributed by atoms with E-state index in [1.165, 1.54) is 4.90 Å². The van der Waals surface area contributed by atoms with Gasteiger partial charge in [-0.15, -0.1) is 0 Å². The minimum Gasteiger partial charge on any atom is -0.480 e. The van der Waals surface area contributed by atoms with Gasteiger partial charge in [-0.05, 0) is 18.3 Å². The Morgan fingerprint density at radius 2 is 2.06 bits per heavy atom. The smallest absolute Gasteiger partial charge is 0.326 e. The van der Waals surface area contributed by atoms with Crippen molar-refractivity contribution in [2.75, 3.05) is 13.1 Å². The highest BCUT2D eigenvalue weighted by atomic mass is 16.4. The molecule has 96 valence electrons. The molecule has 2 fully saturated rings. The summed E-state index contributed by atoms with van der Waals surface area (Å²) >= 11 is 0. The first-order valence-corrected chi connectivity index (χ1v) is 5.94. The molecule has 0 spiro atoms. The van der Waals surface area contributed by atoms with E-state index in [1.54, 1.807) is 0 Å². The van der Waals surface area contributed by atoms with E-state index in [2.05, 4.69) is 12.2 Å². The predicted octanol–water partition coefficient (Wildman–Crippen LogP) is -0.128. The number of hydrogen-bond donors (Lipinski definition) is 3. The minimum absolute atomic E-state index is 0.100. The molecule has 17 heavy (non-hydrogen) atoms. The van der Waals surface area contributed by atoms with Crippen molar-refractivity contribution in [3.05, 3.63) is 0 Å². The number of carboxylic acids is 1. The Balaban J connectivity index is 1.86. The molecule has 1 saturated carbocycles. The van der Waals surface area contributed by atoms with Gasteiger partial charge in [-0.1, -0.05) is 6.92 Å². The zero-order chi connectivity index (χ0) is 12.6. The van der Waals surface area contributed by atoms with Gasteiger partial charge in [-0.2, -0.15) is 0 Å². The van der Waals surface area contributed by atoms with E-state index in [9.17, 15) is 14.7 Å². The van der Waals surface area contributed by atoms with Crippen molar-refractivity contribution in [1.29, 1.82) is 0 Å². The third-order valence-corrected chi connectivity index (χ3v) is 3.62. The maximum atomic E-state index is 11.8. The molecule has 0 radical (unpaired) electrons. The molecule has 2 unspecified atom stereocenters. The van der Waals surface area contributed by atoms with E-state index in [0.717, 1.165) is 6.42 Å². The second-order valence-electron chi connectivity index (χ2n) is 5.06. The van der Waals surface area contributed by atoms with Gasteiger partial charge in [0.05, 0.1) is 6.10 Å². The van der Waals surface area contributed by atoms with Crippen LogP contribution in [0.4, 0.5) is 4.79 Å². The molecule has 0 aromatic heterocycles. The lowest BCUT2D eigenvalue weighted by atomic mass is 10.2. The Bertz CT molecular complexity index is 333. The number of carbonyl (C=O) groups excluding carboxylic acids is 1. The van der Waals surface area contributed by atoms with Crippen LogP contribution >= 0.6 is 0 Å². The third kappa shape index (κ3) is 2.69. The van der Waals surface area contributed by atoms with Gasteiger partial charge in [0.15, 0.2) is 0 Å². The first-order chi connectivity index (χ1) is 7.99. The normalized spacial score (nSPS) is 35.8. The molecule has 2 aliphatic rings. The predicted molar refractivity (Wildman–Crippen MR) is 59.4 cm³/mol. The number of nitrogens with zero attached hydrogens (tertiary/aromatic N) is 1. The van der Waals surface area contributed by atoms with Crippen molar-refractivity contribution < 1.29 is 19.8 Å². The molecule has 4 atom stereocenters. The fourth-order valence-electron chi connectivity index (χ4n) is 2.28. The summed E-state index contributed by atoms with van der Waals surface area (Å²) in [6.07, 6.45) is 0.495. The molecule has 3 N–H and O–H groups in total. The van der Waals surface area contributed by atoms with E-state index < -0.39 is 18.1 Å². The molecule has 1 aliphatic heterocycles. The minimum atomic E-state index is -1.06. The number of nitrogens with one attached hydrogen (secondary N) is 1. The fraction of sp³-hybridized carbons (Fsp3) is 0.818. The fourth-order valence-corrected chi connectivity index (χ4v) is 2.28. The molecule has 6 nitrogen and oxygen atoms in total. The summed E-state index contributed by atoms with van der Waals surface area (Å²) in [6.45, 7) is 2.82. The third-order valence-electron chi connectivity index (χ3n) is 3.62. The van der Waals surface area contributed by atoms with Crippen LogP contribution in [0.3, 0.4) is 0 Å². The average Bonchev–Trinajstić information content (AvgIpc) is 2.80. The van der Waals surface area contributed by atoms with Crippen molar-refractivity contribution in [3.63, 3.8) is 0 Å². The van der Waals surface area contributed by atoms with Gasteiger partial charge in [0.1, 0.15) is 6.04 Å². The number of carbonyl (C=O) groups is 2. The summed E-state index contributed by atoms with van der Waals surface area (Å²) in [4.78, 5) is 23.9. The van der Waals surface area contributed by atoms with Crippen LogP contribution in [0.5, 0.6) is 0 Å².